The van der Waals surface area contributed by atoms with E-state index in [-0.39, 0.29) is 5.41 Å². The molecule has 2 aliphatic rings. The van der Waals surface area contributed by atoms with E-state index in [2.05, 4.69) is 0 Å². The molecule has 0 aromatic carbocycles. The van der Waals surface area contributed by atoms with Gasteiger partial charge in [-0.15, -0.1) is 0 Å². The van der Waals surface area contributed by atoms with E-state index in [1.165, 1.54) is 0 Å². The summed E-state index contributed by atoms with van der Waals surface area (Å²) in [4.78, 5) is 0. The first-order valence-electron chi connectivity index (χ1n) is 5.37. The summed E-state index contributed by atoms with van der Waals surface area (Å²) >= 11 is 0. The molecule has 0 radical (unpaired) electrons. The van der Waals surface area contributed by atoms with Gasteiger partial charge in [0.25, 0.3) is 0 Å². The molecule has 10 heavy (non-hydrogen) atoms. The summed E-state index contributed by atoms with van der Waals surface area (Å²) in [6, 6.07) is 0. The number of ether oxygens (including phenoxy) is 1. The van der Waals surface area contributed by atoms with Crippen molar-refractivity contribution in [3.8, 4) is 0 Å². The van der Waals surface area contributed by atoms with Crippen molar-refractivity contribution in [1.82, 2.24) is 0 Å². The minimum atomic E-state index is -1.34. The molecule has 0 bridgehead atoms. The van der Waals surface area contributed by atoms with Gasteiger partial charge >= 0.3 is 0 Å². The second-order valence-corrected chi connectivity index (χ2v) is 4.13. The highest BCUT2D eigenvalue weighted by molar-refractivity contribution is 5.13. The maximum absolute atomic E-state index is 7.96. The van der Waals surface area contributed by atoms with Crippen LogP contribution in [0.3, 0.4) is 0 Å². The van der Waals surface area contributed by atoms with Gasteiger partial charge in [-0.3, -0.25) is 0 Å². The van der Waals surface area contributed by atoms with Crippen LogP contribution in [0.4, 0.5) is 0 Å². The molecule has 1 heteroatoms. The lowest BCUT2D eigenvalue weighted by Crippen LogP contribution is -2.29. The third kappa shape index (κ3) is 0.619. The standard InChI is InChI=1S/C9H16O/c1-8(2,3)9-6-4-5-7(9)10-9/h7H,4-6H2,1-3H3/i6D2,7D. The zero-order valence-electron chi connectivity index (χ0n) is 9.82. The van der Waals surface area contributed by atoms with Crippen molar-refractivity contribution < 1.29 is 8.85 Å². The first-order chi connectivity index (χ1) is 5.66. The summed E-state index contributed by atoms with van der Waals surface area (Å²) in [5.41, 5.74) is -1.16. The first-order valence-corrected chi connectivity index (χ1v) is 3.87. The predicted octanol–water partition coefficient (Wildman–Crippen LogP) is 2.35. The summed E-state index contributed by atoms with van der Waals surface area (Å²) in [7, 11) is 0. The van der Waals surface area contributed by atoms with Crippen LogP contribution in [0, 0.1) is 5.41 Å². The van der Waals surface area contributed by atoms with Gasteiger partial charge in [-0.1, -0.05) is 20.8 Å². The van der Waals surface area contributed by atoms with Crippen molar-refractivity contribution in [2.45, 2.75) is 51.7 Å². The Morgan fingerprint density at radius 2 is 2.40 bits per heavy atom. The summed E-state index contributed by atoms with van der Waals surface area (Å²) in [6.07, 6.45) is -1.31. The second-order valence-electron chi connectivity index (χ2n) is 4.13. The fraction of sp³-hybridized carbons (Fsp3) is 1.00. The molecule has 0 N–H and O–H groups in total. The lowest BCUT2D eigenvalue weighted by Gasteiger charge is -2.25. The molecule has 1 nitrogen and oxygen atoms in total. The van der Waals surface area contributed by atoms with Crippen molar-refractivity contribution in [3.63, 3.8) is 0 Å². The fourth-order valence-electron chi connectivity index (χ4n) is 1.71. The van der Waals surface area contributed by atoms with E-state index in [4.69, 9.17) is 8.85 Å². The smallest absolute Gasteiger partial charge is 0.0996 e. The number of fused-ring (bicyclic) bond motifs is 1. The van der Waals surface area contributed by atoms with E-state index in [9.17, 15) is 0 Å². The maximum atomic E-state index is 7.96. The van der Waals surface area contributed by atoms with E-state index < -0.39 is 18.1 Å². The molecule has 0 amide bonds. The van der Waals surface area contributed by atoms with Crippen molar-refractivity contribution in [2.75, 3.05) is 0 Å². The molecule has 1 saturated carbocycles. The Balaban J connectivity index is 2.44. The number of hydrogen-bond acceptors (Lipinski definition) is 1. The first kappa shape index (κ1) is 4.10. The second kappa shape index (κ2) is 1.58. The zero-order chi connectivity index (χ0) is 10.1. The van der Waals surface area contributed by atoms with Crippen LogP contribution in [0.2, 0.25) is 0 Å². The molecule has 1 aliphatic heterocycles. The number of hydrogen-bond donors (Lipinski definition) is 0. The molecule has 0 spiro atoms. The predicted molar refractivity (Wildman–Crippen MR) is 40.9 cm³/mol. The highest BCUT2D eigenvalue weighted by atomic mass is 16.6. The van der Waals surface area contributed by atoms with E-state index in [0.717, 1.165) is 0 Å². The van der Waals surface area contributed by atoms with Gasteiger partial charge in [-0.25, -0.2) is 0 Å². The van der Waals surface area contributed by atoms with Gasteiger partial charge in [0.15, 0.2) is 0 Å². The number of epoxide rings is 1. The van der Waals surface area contributed by atoms with Crippen LogP contribution in [-0.2, 0) is 4.74 Å². The molecule has 2 unspecified atom stereocenters. The molecule has 1 saturated heterocycles. The SMILES string of the molecule is [2H]C1([2H])CCC2([2H])OC12C(C)(C)C. The van der Waals surface area contributed by atoms with E-state index in [1.807, 2.05) is 20.8 Å². The van der Waals surface area contributed by atoms with Gasteiger partial charge in [-0.2, -0.15) is 0 Å². The van der Waals surface area contributed by atoms with Crippen LogP contribution in [0.1, 0.15) is 44.1 Å². The Bertz CT molecular complexity index is 251. The molecule has 0 aromatic rings. The van der Waals surface area contributed by atoms with Crippen molar-refractivity contribution in [1.29, 1.82) is 0 Å². The lowest BCUT2D eigenvalue weighted by molar-refractivity contribution is 0.137. The molecule has 1 heterocycles. The quantitative estimate of drug-likeness (QED) is 0.474. The van der Waals surface area contributed by atoms with Gasteiger partial charge in [0.1, 0.15) is 0 Å². The normalized spacial score (nSPS) is 62.1. The average molecular weight is 143 g/mol. The zero-order valence-corrected chi connectivity index (χ0v) is 6.82. The Kier molecular flexibility index (Phi) is 0.648. The summed E-state index contributed by atoms with van der Waals surface area (Å²) in [6.45, 7) is 5.85. The van der Waals surface area contributed by atoms with Crippen molar-refractivity contribution in [3.05, 3.63) is 0 Å². The molecule has 0 aromatic heterocycles. The molecule has 2 atom stereocenters. The third-order valence-corrected chi connectivity index (χ3v) is 2.41. The van der Waals surface area contributed by atoms with Crippen molar-refractivity contribution >= 4 is 0 Å². The average Bonchev–Trinajstić information content (AvgIpc) is 2.49. The van der Waals surface area contributed by atoms with Crippen LogP contribution >= 0.6 is 0 Å². The highest BCUT2D eigenvalue weighted by Crippen LogP contribution is 2.59. The Hall–Kier alpha value is -0.0400. The monoisotopic (exact) mass is 143 g/mol. The number of rotatable bonds is 0. The molecule has 1 aliphatic carbocycles. The van der Waals surface area contributed by atoms with Gasteiger partial charge in [0, 0.05) is 2.74 Å². The van der Waals surface area contributed by atoms with Gasteiger partial charge in [-0.05, 0) is 24.6 Å². The summed E-state index contributed by atoms with van der Waals surface area (Å²) in [5, 5.41) is 0. The van der Waals surface area contributed by atoms with Crippen LogP contribution in [-0.4, -0.2) is 11.7 Å². The lowest BCUT2D eigenvalue weighted by atomic mass is 9.79. The highest BCUT2D eigenvalue weighted by Gasteiger charge is 2.65. The fourth-order valence-corrected chi connectivity index (χ4v) is 1.71. The molecular formula is C9H16O. The Morgan fingerprint density at radius 3 is 2.60 bits per heavy atom. The van der Waals surface area contributed by atoms with E-state index in [0.29, 0.717) is 12.8 Å². The minimum absolute atomic E-state index is 0.297. The summed E-state index contributed by atoms with van der Waals surface area (Å²) in [5.74, 6) is 0. The summed E-state index contributed by atoms with van der Waals surface area (Å²) < 4.78 is 29.1. The molecule has 2 fully saturated rings. The Labute approximate surface area is 67.0 Å². The molecule has 58 valence electrons. The minimum Gasteiger partial charge on any atom is -0.365 e. The largest absolute Gasteiger partial charge is 0.365 e. The van der Waals surface area contributed by atoms with E-state index >= 15 is 0 Å². The van der Waals surface area contributed by atoms with Crippen LogP contribution in [0.15, 0.2) is 0 Å². The molecule has 2 rings (SSSR count). The Morgan fingerprint density at radius 1 is 1.70 bits per heavy atom. The molecular weight excluding hydrogens is 124 g/mol. The van der Waals surface area contributed by atoms with E-state index in [1.54, 1.807) is 0 Å². The third-order valence-electron chi connectivity index (χ3n) is 2.41. The van der Waals surface area contributed by atoms with Gasteiger partial charge < -0.3 is 4.74 Å². The van der Waals surface area contributed by atoms with Gasteiger partial charge in [0.2, 0.25) is 0 Å². The van der Waals surface area contributed by atoms with Crippen LogP contribution in [0.5, 0.6) is 0 Å². The maximum Gasteiger partial charge on any atom is 0.0996 e. The topological polar surface area (TPSA) is 12.5 Å². The van der Waals surface area contributed by atoms with Crippen LogP contribution in [0.25, 0.3) is 0 Å². The van der Waals surface area contributed by atoms with Gasteiger partial charge in [0.05, 0.1) is 13.1 Å². The van der Waals surface area contributed by atoms with Crippen molar-refractivity contribution in [2.24, 2.45) is 5.41 Å². The van der Waals surface area contributed by atoms with Crippen LogP contribution < -0.4 is 0 Å².